The highest BCUT2D eigenvalue weighted by molar-refractivity contribution is 7.99. The molecule has 5 rings (SSSR count). The van der Waals surface area contributed by atoms with Crippen LogP contribution in [0.25, 0.3) is 11.3 Å². The van der Waals surface area contributed by atoms with Gasteiger partial charge in [0.25, 0.3) is 10.0 Å². The highest BCUT2D eigenvalue weighted by atomic mass is 32.2. The molecule has 1 aliphatic heterocycles. The topological polar surface area (TPSA) is 101 Å². The Morgan fingerprint density at radius 3 is 2.53 bits per heavy atom. The molecule has 8 nitrogen and oxygen atoms in total. The number of aromatic nitrogens is 2. The molecule has 1 aliphatic rings. The average molecular weight is 519 g/mol. The number of sulfonamides is 1. The van der Waals surface area contributed by atoms with Crippen LogP contribution in [0.15, 0.2) is 95.1 Å². The Hall–Kier alpha value is -3.89. The molecule has 1 amide bonds. The molecule has 0 aliphatic carbocycles. The minimum atomic E-state index is -3.88. The number of ether oxygens (including phenoxy) is 1. The number of methoxy groups -OCH3 is 1. The summed E-state index contributed by atoms with van der Waals surface area (Å²) < 4.78 is 33.8. The van der Waals surface area contributed by atoms with Crippen LogP contribution in [0.4, 0.5) is 11.4 Å². The highest BCUT2D eigenvalue weighted by Crippen LogP contribution is 2.42. The van der Waals surface area contributed by atoms with Crippen LogP contribution in [0.3, 0.4) is 0 Å². The molecule has 0 spiro atoms. The maximum atomic E-state index is 13.6. The zero-order valence-corrected chi connectivity index (χ0v) is 20.9. The number of nitrogens with zero attached hydrogens (tertiary/aromatic N) is 3. The molecule has 0 saturated heterocycles. The quantitative estimate of drug-likeness (QED) is 0.282. The molecule has 3 aromatic carbocycles. The molecule has 0 unspecified atom stereocenters. The number of hydrogen-bond donors (Lipinski definition) is 1. The third-order valence-corrected chi connectivity index (χ3v) is 8.23. The van der Waals surface area contributed by atoms with Gasteiger partial charge in [-0.1, -0.05) is 72.4 Å². The number of rotatable bonds is 7. The lowest BCUT2D eigenvalue weighted by Gasteiger charge is -2.31. The maximum absolute atomic E-state index is 13.6. The number of hydrogen-bond acceptors (Lipinski definition) is 7. The van der Waals surface area contributed by atoms with E-state index in [1.807, 2.05) is 48.5 Å². The Balaban J connectivity index is 1.40. The second kappa shape index (κ2) is 10.00. The van der Waals surface area contributed by atoms with E-state index in [0.29, 0.717) is 33.5 Å². The van der Waals surface area contributed by atoms with Gasteiger partial charge in [0.2, 0.25) is 5.91 Å². The van der Waals surface area contributed by atoms with Crippen molar-refractivity contribution < 1.29 is 17.9 Å². The van der Waals surface area contributed by atoms with Crippen LogP contribution in [0, 0.1) is 0 Å². The Labute approximate surface area is 213 Å². The van der Waals surface area contributed by atoms with Gasteiger partial charge in [-0.15, -0.1) is 0 Å². The van der Waals surface area contributed by atoms with Gasteiger partial charge in [-0.05, 0) is 23.8 Å². The van der Waals surface area contributed by atoms with Crippen LogP contribution in [0.1, 0.15) is 5.56 Å². The van der Waals surface area contributed by atoms with Crippen LogP contribution in [0.5, 0.6) is 5.75 Å². The van der Waals surface area contributed by atoms with E-state index in [0.717, 1.165) is 17.3 Å². The SMILES string of the molecule is COc1ccccc1NC(=O)CSc1ncc2c(n1)-c1ccccc1N(Cc1ccccc1)S2(=O)=O. The second-order valence-corrected chi connectivity index (χ2v) is 10.7. The number of para-hydroxylation sites is 3. The van der Waals surface area contributed by atoms with Gasteiger partial charge >= 0.3 is 0 Å². The summed E-state index contributed by atoms with van der Waals surface area (Å²) in [5.74, 6) is 0.348. The Bertz CT molecular complexity index is 1530. The van der Waals surface area contributed by atoms with Crippen molar-refractivity contribution in [3.05, 3.63) is 90.6 Å². The summed E-state index contributed by atoms with van der Waals surface area (Å²) in [7, 11) is -2.35. The first-order valence-corrected chi connectivity index (χ1v) is 13.5. The van der Waals surface area contributed by atoms with Crippen molar-refractivity contribution in [2.24, 2.45) is 0 Å². The van der Waals surface area contributed by atoms with Crippen molar-refractivity contribution in [1.82, 2.24) is 9.97 Å². The predicted molar refractivity (Wildman–Crippen MR) is 140 cm³/mol. The number of anilines is 2. The normalized spacial score (nSPS) is 13.4. The van der Waals surface area contributed by atoms with E-state index in [4.69, 9.17) is 4.74 Å². The summed E-state index contributed by atoms with van der Waals surface area (Å²) in [6, 6.07) is 23.8. The Morgan fingerprint density at radius 2 is 1.72 bits per heavy atom. The van der Waals surface area contributed by atoms with Crippen molar-refractivity contribution in [2.75, 3.05) is 22.5 Å². The van der Waals surface area contributed by atoms with Crippen LogP contribution in [-0.4, -0.2) is 37.2 Å². The van der Waals surface area contributed by atoms with Crippen LogP contribution < -0.4 is 14.4 Å². The third-order valence-electron chi connectivity index (χ3n) is 5.61. The van der Waals surface area contributed by atoms with Gasteiger partial charge in [0.1, 0.15) is 10.6 Å². The first-order chi connectivity index (χ1) is 17.5. The Kier molecular flexibility index (Phi) is 6.62. The predicted octanol–water partition coefficient (Wildman–Crippen LogP) is 4.59. The summed E-state index contributed by atoms with van der Waals surface area (Å²) in [6.45, 7) is 0.194. The number of amides is 1. The molecule has 0 bridgehead atoms. The summed E-state index contributed by atoms with van der Waals surface area (Å²) in [4.78, 5) is 21.4. The van der Waals surface area contributed by atoms with Gasteiger partial charge in [-0.3, -0.25) is 9.10 Å². The molecular formula is C26H22N4O4S2. The van der Waals surface area contributed by atoms with Gasteiger partial charge in [-0.25, -0.2) is 18.4 Å². The summed E-state index contributed by atoms with van der Waals surface area (Å²) in [5.41, 5.74) is 3.01. The van der Waals surface area contributed by atoms with Crippen LogP contribution >= 0.6 is 11.8 Å². The lowest BCUT2D eigenvalue weighted by atomic mass is 10.1. The van der Waals surface area contributed by atoms with Gasteiger partial charge < -0.3 is 10.1 Å². The fourth-order valence-corrected chi connectivity index (χ4v) is 6.11. The number of fused-ring (bicyclic) bond motifs is 3. The van der Waals surface area contributed by atoms with Crippen molar-refractivity contribution in [2.45, 2.75) is 16.6 Å². The monoisotopic (exact) mass is 518 g/mol. The van der Waals surface area contributed by atoms with E-state index in [1.165, 1.54) is 17.6 Å². The van der Waals surface area contributed by atoms with Crippen molar-refractivity contribution >= 4 is 39.1 Å². The first kappa shape index (κ1) is 23.8. The summed E-state index contributed by atoms with van der Waals surface area (Å²) in [5, 5.41) is 3.12. The number of carbonyl (C=O) groups excluding carboxylic acids is 1. The molecule has 0 saturated carbocycles. The number of thioether (sulfide) groups is 1. The van der Waals surface area contributed by atoms with E-state index < -0.39 is 10.0 Å². The number of nitrogens with one attached hydrogen (secondary N) is 1. The number of carbonyl (C=O) groups is 1. The fraction of sp³-hybridized carbons (Fsp3) is 0.115. The lowest BCUT2D eigenvalue weighted by Crippen LogP contribution is -2.34. The van der Waals surface area contributed by atoms with Gasteiger partial charge in [0.15, 0.2) is 5.16 Å². The van der Waals surface area contributed by atoms with E-state index in [2.05, 4.69) is 15.3 Å². The average Bonchev–Trinajstić information content (AvgIpc) is 2.91. The van der Waals surface area contributed by atoms with Gasteiger partial charge in [-0.2, -0.15) is 0 Å². The molecular weight excluding hydrogens is 496 g/mol. The molecule has 36 heavy (non-hydrogen) atoms. The summed E-state index contributed by atoms with van der Waals surface area (Å²) in [6.07, 6.45) is 1.33. The summed E-state index contributed by atoms with van der Waals surface area (Å²) >= 11 is 1.13. The molecule has 10 heteroatoms. The molecule has 0 fully saturated rings. The fourth-order valence-electron chi connectivity index (χ4n) is 3.93. The van der Waals surface area contributed by atoms with E-state index >= 15 is 0 Å². The Morgan fingerprint density at radius 1 is 1.00 bits per heavy atom. The first-order valence-electron chi connectivity index (χ1n) is 11.1. The van der Waals surface area contributed by atoms with E-state index in [-0.39, 0.29) is 23.1 Å². The molecule has 1 aromatic heterocycles. The van der Waals surface area contributed by atoms with Gasteiger partial charge in [0, 0.05) is 5.56 Å². The lowest BCUT2D eigenvalue weighted by molar-refractivity contribution is -0.113. The third kappa shape index (κ3) is 4.65. The molecule has 1 N–H and O–H groups in total. The largest absolute Gasteiger partial charge is 0.495 e. The molecule has 2 heterocycles. The van der Waals surface area contributed by atoms with Crippen molar-refractivity contribution in [3.63, 3.8) is 0 Å². The molecule has 182 valence electrons. The van der Waals surface area contributed by atoms with Crippen LogP contribution in [0.2, 0.25) is 0 Å². The van der Waals surface area contributed by atoms with Crippen molar-refractivity contribution in [1.29, 1.82) is 0 Å². The minimum absolute atomic E-state index is 0.0416. The number of benzene rings is 3. The highest BCUT2D eigenvalue weighted by Gasteiger charge is 2.36. The zero-order chi connectivity index (χ0) is 25.1. The van der Waals surface area contributed by atoms with Crippen molar-refractivity contribution in [3.8, 4) is 17.0 Å². The molecule has 4 aromatic rings. The second-order valence-electron chi connectivity index (χ2n) is 7.92. The maximum Gasteiger partial charge on any atom is 0.268 e. The molecule has 0 atom stereocenters. The standard InChI is InChI=1S/C26H22N4O4S2/c1-34-22-14-8-6-12-20(22)28-24(31)17-35-26-27-15-23-25(29-26)19-11-5-7-13-21(19)30(36(23,32)33)16-18-9-3-2-4-10-18/h2-15H,16-17H2,1H3,(H,28,31). The van der Waals surface area contributed by atoms with Gasteiger partial charge in [0.05, 0.1) is 42.7 Å². The smallest absolute Gasteiger partial charge is 0.268 e. The van der Waals surface area contributed by atoms with E-state index in [1.54, 1.807) is 30.3 Å². The van der Waals surface area contributed by atoms with E-state index in [9.17, 15) is 13.2 Å². The van der Waals surface area contributed by atoms with Crippen LogP contribution in [-0.2, 0) is 21.4 Å². The molecule has 0 radical (unpaired) electrons. The minimum Gasteiger partial charge on any atom is -0.495 e. The zero-order valence-electron chi connectivity index (χ0n) is 19.3.